The van der Waals surface area contributed by atoms with Crippen molar-refractivity contribution in [1.29, 1.82) is 0 Å². The molecule has 0 saturated heterocycles. The first-order valence-corrected chi connectivity index (χ1v) is 10.4. The molecule has 0 aliphatic carbocycles. The van der Waals surface area contributed by atoms with Crippen LogP contribution < -0.4 is 4.74 Å². The molecule has 1 heterocycles. The van der Waals surface area contributed by atoms with E-state index in [9.17, 15) is 4.79 Å². The molecular weight excluding hydrogens is 386 g/mol. The molecule has 1 N–H and O–H groups in total. The van der Waals surface area contributed by atoms with Crippen LogP contribution in [0.2, 0.25) is 0 Å². The van der Waals surface area contributed by atoms with Gasteiger partial charge >= 0.3 is 0 Å². The number of ketones is 1. The van der Waals surface area contributed by atoms with E-state index >= 15 is 0 Å². The molecule has 4 nitrogen and oxygen atoms in total. The number of hydrogen-bond donors (Lipinski definition) is 1. The van der Waals surface area contributed by atoms with Crippen LogP contribution in [0.25, 0.3) is 33.3 Å². The van der Waals surface area contributed by atoms with Crippen molar-refractivity contribution >= 4 is 16.7 Å². The molecule has 4 aromatic rings. The fourth-order valence-electron chi connectivity index (χ4n) is 3.75. The monoisotopic (exact) mass is 411 g/mol. The lowest BCUT2D eigenvalue weighted by Crippen LogP contribution is -1.98. The van der Waals surface area contributed by atoms with Gasteiger partial charge in [-0.2, -0.15) is 0 Å². The molecule has 0 fully saturated rings. The second-order valence-corrected chi connectivity index (χ2v) is 7.60. The van der Waals surface area contributed by atoms with E-state index in [4.69, 9.17) is 14.8 Å². The summed E-state index contributed by atoms with van der Waals surface area (Å²) in [4.78, 5) is 17.1. The summed E-state index contributed by atoms with van der Waals surface area (Å²) in [6, 6.07) is 24.1. The van der Waals surface area contributed by atoms with Crippen LogP contribution >= 0.6 is 0 Å². The van der Waals surface area contributed by atoms with Gasteiger partial charge in [0.25, 0.3) is 0 Å². The molecular formula is C27H25NO3. The number of ether oxygens (including phenoxy) is 1. The molecule has 0 saturated carbocycles. The molecule has 0 radical (unpaired) electrons. The minimum Gasteiger partial charge on any atom is -0.497 e. The quantitative estimate of drug-likeness (QED) is 0.396. The van der Waals surface area contributed by atoms with E-state index in [1.54, 1.807) is 14.0 Å². The van der Waals surface area contributed by atoms with Crippen LogP contribution in [0.5, 0.6) is 5.75 Å². The van der Waals surface area contributed by atoms with E-state index in [2.05, 4.69) is 36.4 Å². The zero-order valence-electron chi connectivity index (χ0n) is 17.8. The number of aromatic nitrogens is 1. The zero-order chi connectivity index (χ0) is 21.8. The summed E-state index contributed by atoms with van der Waals surface area (Å²) < 4.78 is 5.30. The molecule has 31 heavy (non-hydrogen) atoms. The lowest BCUT2D eigenvalue weighted by Gasteiger charge is -2.10. The summed E-state index contributed by atoms with van der Waals surface area (Å²) in [5.41, 5.74) is 6.63. The second kappa shape index (κ2) is 9.11. The maximum absolute atomic E-state index is 12.3. The van der Waals surface area contributed by atoms with Gasteiger partial charge in [-0.25, -0.2) is 4.98 Å². The van der Waals surface area contributed by atoms with E-state index in [1.165, 1.54) is 5.56 Å². The van der Waals surface area contributed by atoms with Crippen LogP contribution in [-0.2, 0) is 6.42 Å². The summed E-state index contributed by atoms with van der Waals surface area (Å²) >= 11 is 0. The van der Waals surface area contributed by atoms with Crippen LogP contribution in [0, 0.1) is 0 Å². The van der Waals surface area contributed by atoms with E-state index in [1.807, 2.05) is 36.4 Å². The number of methoxy groups -OCH3 is 1. The third-order valence-corrected chi connectivity index (χ3v) is 5.49. The molecule has 4 rings (SSSR count). The molecule has 0 bridgehead atoms. The number of hydrogen-bond acceptors (Lipinski definition) is 4. The van der Waals surface area contributed by atoms with Gasteiger partial charge in [0.1, 0.15) is 5.75 Å². The number of nitrogens with zero attached hydrogens (tertiary/aromatic N) is 1. The number of rotatable bonds is 7. The molecule has 0 aliphatic heterocycles. The van der Waals surface area contributed by atoms with E-state index in [0.29, 0.717) is 11.3 Å². The fourth-order valence-corrected chi connectivity index (χ4v) is 3.75. The number of aryl methyl sites for hydroxylation is 1. The van der Waals surface area contributed by atoms with Gasteiger partial charge in [-0.05, 0) is 60.7 Å². The Hall–Kier alpha value is -3.50. The first kappa shape index (κ1) is 20.8. The molecule has 0 spiro atoms. The van der Waals surface area contributed by atoms with Gasteiger partial charge in [0.2, 0.25) is 0 Å². The summed E-state index contributed by atoms with van der Waals surface area (Å²) in [7, 11) is 1.61. The number of aliphatic hydroxyl groups excluding tert-OH is 1. The number of carbonyl (C=O) groups is 1. The Morgan fingerprint density at radius 2 is 1.55 bits per heavy atom. The van der Waals surface area contributed by atoms with Crippen LogP contribution in [0.4, 0.5) is 0 Å². The summed E-state index contributed by atoms with van der Waals surface area (Å²) in [5.74, 6) is 0.705. The maximum Gasteiger partial charge on any atom is 0.160 e. The Morgan fingerprint density at radius 3 is 2.16 bits per heavy atom. The minimum absolute atomic E-state index is 0.000175. The minimum atomic E-state index is -0.000175. The van der Waals surface area contributed by atoms with Crippen LogP contribution in [0.3, 0.4) is 0 Å². The van der Waals surface area contributed by atoms with Crippen molar-refractivity contribution in [3.8, 4) is 28.1 Å². The molecule has 1 aromatic heterocycles. The van der Waals surface area contributed by atoms with E-state index in [-0.39, 0.29) is 12.4 Å². The lowest BCUT2D eigenvalue weighted by molar-refractivity contribution is 0.101. The largest absolute Gasteiger partial charge is 0.497 e. The highest BCUT2D eigenvalue weighted by molar-refractivity contribution is 6.07. The summed E-state index contributed by atoms with van der Waals surface area (Å²) in [6.07, 6.45) is 1.66. The summed E-state index contributed by atoms with van der Waals surface area (Å²) in [5, 5.41) is 9.78. The number of pyridine rings is 1. The van der Waals surface area contributed by atoms with Gasteiger partial charge in [-0.15, -0.1) is 0 Å². The van der Waals surface area contributed by atoms with Crippen molar-refractivity contribution in [3.63, 3.8) is 0 Å². The number of Topliss-reactive ketones (excluding diaryl/α,β-unsaturated/α-hetero) is 1. The number of benzene rings is 3. The normalized spacial score (nSPS) is 10.9. The van der Waals surface area contributed by atoms with Gasteiger partial charge in [-0.3, -0.25) is 4.79 Å². The Bertz CT molecular complexity index is 1210. The maximum atomic E-state index is 12.3. The number of carbonyl (C=O) groups excluding carboxylic acids is 1. The predicted molar refractivity (Wildman–Crippen MR) is 125 cm³/mol. The van der Waals surface area contributed by atoms with E-state index in [0.717, 1.165) is 46.1 Å². The first-order valence-electron chi connectivity index (χ1n) is 10.4. The standard InChI is InChI=1S/C27H25NO3/c1-18(30)24-17-27(28-26-14-13-23(31-2)16-25(24)26)22-11-9-21(10-12-22)20-7-5-19(6-8-20)4-3-15-29/h5-14,16-17,29H,3-4,15H2,1-2H3. The number of aliphatic hydroxyl groups is 1. The lowest BCUT2D eigenvalue weighted by atomic mass is 9.98. The molecule has 4 heteroatoms. The third kappa shape index (κ3) is 4.49. The van der Waals surface area contributed by atoms with Crippen molar-refractivity contribution in [2.45, 2.75) is 19.8 Å². The molecule has 0 aliphatic rings. The van der Waals surface area contributed by atoms with Crippen molar-refractivity contribution < 1.29 is 14.6 Å². The Labute approximate surface area is 182 Å². The predicted octanol–water partition coefficient (Wildman–Crippen LogP) is 5.70. The van der Waals surface area contributed by atoms with Gasteiger partial charge < -0.3 is 9.84 Å². The average molecular weight is 412 g/mol. The van der Waals surface area contributed by atoms with Crippen molar-refractivity contribution in [3.05, 3.63) is 83.9 Å². The highest BCUT2D eigenvalue weighted by atomic mass is 16.5. The van der Waals surface area contributed by atoms with Crippen LogP contribution in [0.1, 0.15) is 29.3 Å². The van der Waals surface area contributed by atoms with Crippen molar-refractivity contribution in [2.24, 2.45) is 0 Å². The Balaban J connectivity index is 1.66. The van der Waals surface area contributed by atoms with E-state index < -0.39 is 0 Å². The van der Waals surface area contributed by atoms with Crippen molar-refractivity contribution in [1.82, 2.24) is 4.98 Å². The Morgan fingerprint density at radius 1 is 0.903 bits per heavy atom. The SMILES string of the molecule is COc1ccc2nc(-c3ccc(-c4ccc(CCCO)cc4)cc3)cc(C(C)=O)c2c1. The van der Waals surface area contributed by atoms with Gasteiger partial charge in [-0.1, -0.05) is 48.5 Å². The molecule has 0 amide bonds. The smallest absolute Gasteiger partial charge is 0.160 e. The Kier molecular flexibility index (Phi) is 6.10. The molecule has 0 atom stereocenters. The molecule has 0 unspecified atom stereocenters. The first-order chi connectivity index (χ1) is 15.1. The second-order valence-electron chi connectivity index (χ2n) is 7.60. The van der Waals surface area contributed by atoms with Gasteiger partial charge in [0, 0.05) is 23.1 Å². The van der Waals surface area contributed by atoms with Crippen LogP contribution in [0.15, 0.2) is 72.8 Å². The summed E-state index contributed by atoms with van der Waals surface area (Å²) in [6.45, 7) is 1.79. The molecule has 156 valence electrons. The van der Waals surface area contributed by atoms with Crippen molar-refractivity contribution in [2.75, 3.05) is 13.7 Å². The average Bonchev–Trinajstić information content (AvgIpc) is 2.82. The third-order valence-electron chi connectivity index (χ3n) is 5.49. The topological polar surface area (TPSA) is 59.4 Å². The highest BCUT2D eigenvalue weighted by Crippen LogP contribution is 2.29. The zero-order valence-corrected chi connectivity index (χ0v) is 17.8. The van der Waals surface area contributed by atoms with Gasteiger partial charge in [0.15, 0.2) is 5.78 Å². The molecule has 3 aromatic carbocycles. The van der Waals surface area contributed by atoms with Crippen LogP contribution in [-0.4, -0.2) is 29.6 Å². The highest BCUT2D eigenvalue weighted by Gasteiger charge is 2.12. The van der Waals surface area contributed by atoms with Gasteiger partial charge in [0.05, 0.1) is 18.3 Å². The fraction of sp³-hybridized carbons (Fsp3) is 0.185. The number of fused-ring (bicyclic) bond motifs is 1.